The van der Waals surface area contributed by atoms with Crippen molar-refractivity contribution < 1.29 is 6.48 Å². The second-order valence-corrected chi connectivity index (χ2v) is 3.08. The SMILES string of the molecule is [2H][C@H](Br)C(C)(O)c1ccccc1. The van der Waals surface area contributed by atoms with Crippen LogP contribution in [0, 0.1) is 0 Å². The predicted octanol–water partition coefficient (Wildman–Crippen LogP) is 2.29. The van der Waals surface area contributed by atoms with Crippen LogP contribution in [0.4, 0.5) is 0 Å². The van der Waals surface area contributed by atoms with Gasteiger partial charge in [-0.1, -0.05) is 46.3 Å². The van der Waals surface area contributed by atoms with E-state index in [0.29, 0.717) is 0 Å². The zero-order valence-corrected chi connectivity index (χ0v) is 7.88. The molecule has 0 aliphatic heterocycles. The van der Waals surface area contributed by atoms with E-state index in [1.165, 1.54) is 0 Å². The largest absolute Gasteiger partial charge is 0.385 e. The minimum Gasteiger partial charge on any atom is -0.385 e. The third-order valence-electron chi connectivity index (χ3n) is 1.57. The van der Waals surface area contributed by atoms with Crippen molar-refractivity contribution in [1.29, 1.82) is 0 Å². The van der Waals surface area contributed by atoms with Gasteiger partial charge in [0.2, 0.25) is 0 Å². The molecule has 1 unspecified atom stereocenters. The van der Waals surface area contributed by atoms with Crippen molar-refractivity contribution in [2.24, 2.45) is 0 Å². The lowest BCUT2D eigenvalue weighted by molar-refractivity contribution is 0.0853. The average Bonchev–Trinajstić information content (AvgIpc) is 2.06. The lowest BCUT2D eigenvalue weighted by Crippen LogP contribution is -2.22. The molecule has 1 N–H and O–H groups in total. The van der Waals surface area contributed by atoms with E-state index in [1.54, 1.807) is 6.92 Å². The molecule has 1 nitrogen and oxygen atoms in total. The summed E-state index contributed by atoms with van der Waals surface area (Å²) in [5.41, 5.74) is -0.372. The molecule has 0 saturated carbocycles. The maximum atomic E-state index is 9.83. The van der Waals surface area contributed by atoms with Gasteiger partial charge in [0.15, 0.2) is 0 Å². The first-order valence-electron chi connectivity index (χ1n) is 3.97. The lowest BCUT2D eigenvalue weighted by Gasteiger charge is -2.20. The molecule has 0 aliphatic rings. The molecular formula is C9H11BrO. The summed E-state index contributed by atoms with van der Waals surface area (Å²) in [7, 11) is 0. The average molecular weight is 216 g/mol. The minimum atomic E-state index is -1.12. The summed E-state index contributed by atoms with van der Waals surface area (Å²) < 4.78 is 7.38. The molecule has 60 valence electrons. The van der Waals surface area contributed by atoms with Crippen molar-refractivity contribution in [2.75, 3.05) is 5.31 Å². The van der Waals surface area contributed by atoms with Crippen molar-refractivity contribution in [2.45, 2.75) is 12.5 Å². The van der Waals surface area contributed by atoms with Crippen LogP contribution in [-0.2, 0) is 5.60 Å². The quantitative estimate of drug-likeness (QED) is 0.752. The summed E-state index contributed by atoms with van der Waals surface area (Å²) in [5, 5.41) is 9.13. The highest BCUT2D eigenvalue weighted by molar-refractivity contribution is 9.09. The molecule has 0 bridgehead atoms. The van der Waals surface area contributed by atoms with Crippen molar-refractivity contribution in [1.82, 2.24) is 0 Å². The van der Waals surface area contributed by atoms with Crippen molar-refractivity contribution in [3.63, 3.8) is 0 Å². The van der Waals surface area contributed by atoms with E-state index in [0.717, 1.165) is 5.56 Å². The van der Waals surface area contributed by atoms with Crippen LogP contribution in [0.5, 0.6) is 0 Å². The molecule has 1 aromatic carbocycles. The molecule has 0 aliphatic carbocycles. The first kappa shape index (κ1) is 7.32. The Balaban J connectivity index is 2.98. The monoisotopic (exact) mass is 215 g/mol. The fourth-order valence-corrected chi connectivity index (χ4v) is 1.10. The number of rotatable bonds is 2. The number of alkyl halides is 1. The number of aliphatic hydroxyl groups is 1. The zero-order valence-electron chi connectivity index (χ0n) is 7.29. The van der Waals surface area contributed by atoms with Crippen LogP contribution in [0.25, 0.3) is 0 Å². The highest BCUT2D eigenvalue weighted by Gasteiger charge is 2.20. The fraction of sp³-hybridized carbons (Fsp3) is 0.333. The summed E-state index contributed by atoms with van der Waals surface area (Å²) >= 11 is 3.05. The number of hydrogen-bond acceptors (Lipinski definition) is 1. The molecule has 11 heavy (non-hydrogen) atoms. The molecular weight excluding hydrogens is 204 g/mol. The van der Waals surface area contributed by atoms with Crippen LogP contribution in [-0.4, -0.2) is 10.4 Å². The fourth-order valence-electron chi connectivity index (χ4n) is 0.839. The van der Waals surface area contributed by atoms with Gasteiger partial charge >= 0.3 is 0 Å². The molecule has 0 spiro atoms. The van der Waals surface area contributed by atoms with Crippen LogP contribution >= 0.6 is 15.9 Å². The van der Waals surface area contributed by atoms with Crippen LogP contribution in [0.2, 0.25) is 0 Å². The molecule has 1 aromatic rings. The summed E-state index contributed by atoms with van der Waals surface area (Å²) in [6.07, 6.45) is 0. The number of hydrogen-bond donors (Lipinski definition) is 1. The van der Waals surface area contributed by atoms with Gasteiger partial charge in [0, 0.05) is 6.68 Å². The van der Waals surface area contributed by atoms with Gasteiger partial charge < -0.3 is 5.11 Å². The van der Waals surface area contributed by atoms with Gasteiger partial charge in [-0.05, 0) is 12.5 Å². The first-order valence-corrected chi connectivity index (χ1v) is 4.31. The highest BCUT2D eigenvalue weighted by Crippen LogP contribution is 2.21. The van der Waals surface area contributed by atoms with E-state index in [4.69, 9.17) is 1.37 Å². The summed E-state index contributed by atoms with van der Waals surface area (Å²) in [6, 6.07) is 9.19. The Hall–Kier alpha value is -0.340. The number of benzene rings is 1. The van der Waals surface area contributed by atoms with Crippen LogP contribution in [0.1, 0.15) is 13.9 Å². The third-order valence-corrected chi connectivity index (χ3v) is 2.46. The molecule has 1 rings (SSSR count). The Morgan fingerprint density at radius 3 is 2.55 bits per heavy atom. The summed E-state index contributed by atoms with van der Waals surface area (Å²) in [6.45, 7) is 1.62. The molecule has 0 saturated heterocycles. The maximum Gasteiger partial charge on any atom is 0.0964 e. The van der Waals surface area contributed by atoms with Gasteiger partial charge in [0.25, 0.3) is 0 Å². The zero-order chi connectivity index (χ0) is 9.19. The Morgan fingerprint density at radius 1 is 1.55 bits per heavy atom. The summed E-state index contributed by atoms with van der Waals surface area (Å²) in [5.74, 6) is 0. The Kier molecular flexibility index (Phi) is 2.24. The van der Waals surface area contributed by atoms with Gasteiger partial charge in [0.05, 0.1) is 5.60 Å². The standard InChI is InChI=1S/C9H11BrO/c1-9(11,7-10)8-5-3-2-4-6-8/h2-6,11H,7H2,1H3/i7D/t7-,9?/m0/s1. The molecule has 2 atom stereocenters. The van der Waals surface area contributed by atoms with Crippen LogP contribution < -0.4 is 0 Å². The van der Waals surface area contributed by atoms with Gasteiger partial charge in [-0.25, -0.2) is 0 Å². The van der Waals surface area contributed by atoms with Gasteiger partial charge in [-0.3, -0.25) is 0 Å². The van der Waals surface area contributed by atoms with E-state index >= 15 is 0 Å². The topological polar surface area (TPSA) is 20.2 Å². The predicted molar refractivity (Wildman–Crippen MR) is 49.8 cm³/mol. The first-order chi connectivity index (χ1) is 5.55. The normalized spacial score (nSPS) is 20.1. The van der Waals surface area contributed by atoms with Gasteiger partial charge in [-0.15, -0.1) is 0 Å². The Morgan fingerprint density at radius 2 is 2.09 bits per heavy atom. The van der Waals surface area contributed by atoms with E-state index in [2.05, 4.69) is 15.9 Å². The molecule has 0 aromatic heterocycles. The van der Waals surface area contributed by atoms with Crippen LogP contribution in [0.3, 0.4) is 0 Å². The van der Waals surface area contributed by atoms with E-state index in [-0.39, 0.29) is 0 Å². The maximum absolute atomic E-state index is 9.83. The molecule has 0 amide bonds. The van der Waals surface area contributed by atoms with E-state index in [9.17, 15) is 5.11 Å². The van der Waals surface area contributed by atoms with Crippen LogP contribution in [0.15, 0.2) is 30.3 Å². The third kappa shape index (κ3) is 2.04. The molecule has 2 heteroatoms. The van der Waals surface area contributed by atoms with Crippen molar-refractivity contribution >= 4 is 15.9 Å². The molecule has 0 heterocycles. The summed E-state index contributed by atoms with van der Waals surface area (Å²) in [4.78, 5) is 0. The highest BCUT2D eigenvalue weighted by atomic mass is 79.9. The molecule has 0 radical (unpaired) electrons. The minimum absolute atomic E-state index is 0.701. The van der Waals surface area contributed by atoms with Gasteiger partial charge in [-0.2, -0.15) is 0 Å². The van der Waals surface area contributed by atoms with Crippen molar-refractivity contribution in [3.05, 3.63) is 35.9 Å². The Bertz CT molecular complexity index is 246. The lowest BCUT2D eigenvalue weighted by atomic mass is 9.99. The molecule has 0 fully saturated rings. The van der Waals surface area contributed by atoms with E-state index < -0.39 is 10.9 Å². The van der Waals surface area contributed by atoms with Crippen molar-refractivity contribution in [3.8, 4) is 0 Å². The number of halogens is 1. The Labute approximate surface area is 76.6 Å². The second-order valence-electron chi connectivity index (χ2n) is 2.62. The smallest absolute Gasteiger partial charge is 0.0964 e. The van der Waals surface area contributed by atoms with Gasteiger partial charge in [0.1, 0.15) is 0 Å². The van der Waals surface area contributed by atoms with E-state index in [1.807, 2.05) is 30.3 Å². The second kappa shape index (κ2) is 3.37.